The van der Waals surface area contributed by atoms with Crippen molar-refractivity contribution in [3.8, 4) is 0 Å². The standard InChI is InChI=1S/C19H28N4O3S2/c1-14-9-10-15(13-17(14)28(25,26)23-11-5-2-6-12-23)18(24)21-22-19(27)20-16-7-3-4-8-16/h9-10,13,16H,2-8,11-12H2,1H3,(H,21,24)(H2,20,22,27). The lowest BCUT2D eigenvalue weighted by molar-refractivity contribution is 0.0943. The number of carbonyl (C=O) groups is 1. The average molecular weight is 425 g/mol. The molecule has 9 heteroatoms. The summed E-state index contributed by atoms with van der Waals surface area (Å²) in [5.74, 6) is -0.425. The third-order valence-electron chi connectivity index (χ3n) is 5.36. The lowest BCUT2D eigenvalue weighted by Crippen LogP contribution is -2.49. The Morgan fingerprint density at radius 2 is 1.75 bits per heavy atom. The van der Waals surface area contributed by atoms with Gasteiger partial charge in [-0.05, 0) is 62.5 Å². The van der Waals surface area contributed by atoms with Gasteiger partial charge in [0.25, 0.3) is 5.91 Å². The van der Waals surface area contributed by atoms with Crippen LogP contribution in [0.1, 0.15) is 60.9 Å². The van der Waals surface area contributed by atoms with E-state index in [9.17, 15) is 13.2 Å². The maximum atomic E-state index is 13.0. The molecule has 0 atom stereocenters. The summed E-state index contributed by atoms with van der Waals surface area (Å²) in [5.41, 5.74) is 6.16. The third kappa shape index (κ3) is 5.01. The molecule has 1 aliphatic heterocycles. The molecule has 1 amide bonds. The molecule has 0 aromatic heterocycles. The Balaban J connectivity index is 1.66. The molecule has 1 saturated carbocycles. The van der Waals surface area contributed by atoms with Gasteiger partial charge in [-0.2, -0.15) is 4.31 Å². The molecule has 1 saturated heterocycles. The smallest absolute Gasteiger partial charge is 0.269 e. The Kier molecular flexibility index (Phi) is 6.90. The third-order valence-corrected chi connectivity index (χ3v) is 7.62. The van der Waals surface area contributed by atoms with Gasteiger partial charge >= 0.3 is 0 Å². The van der Waals surface area contributed by atoms with E-state index in [4.69, 9.17) is 12.2 Å². The Labute approximate surface area is 172 Å². The molecule has 2 aliphatic rings. The van der Waals surface area contributed by atoms with Gasteiger partial charge in [-0.25, -0.2) is 8.42 Å². The van der Waals surface area contributed by atoms with E-state index in [-0.39, 0.29) is 10.5 Å². The normalized spacial score (nSPS) is 18.6. The average Bonchev–Trinajstić information content (AvgIpc) is 3.20. The van der Waals surface area contributed by atoms with Gasteiger partial charge in [0.05, 0.1) is 4.90 Å². The van der Waals surface area contributed by atoms with Gasteiger partial charge in [0.1, 0.15) is 0 Å². The Morgan fingerprint density at radius 3 is 2.43 bits per heavy atom. The Morgan fingerprint density at radius 1 is 1.07 bits per heavy atom. The van der Waals surface area contributed by atoms with Crippen LogP contribution in [-0.2, 0) is 10.0 Å². The Bertz CT molecular complexity index is 830. The first-order valence-electron chi connectivity index (χ1n) is 9.85. The molecule has 1 aromatic rings. The van der Waals surface area contributed by atoms with Gasteiger partial charge in [-0.3, -0.25) is 15.6 Å². The molecule has 3 rings (SSSR count). The maximum absolute atomic E-state index is 13.0. The number of aryl methyl sites for hydroxylation is 1. The fourth-order valence-electron chi connectivity index (χ4n) is 3.74. The molecule has 0 bridgehead atoms. The molecule has 2 fully saturated rings. The zero-order valence-electron chi connectivity index (χ0n) is 16.2. The molecular formula is C19H28N4O3S2. The maximum Gasteiger partial charge on any atom is 0.269 e. The summed E-state index contributed by atoms with van der Waals surface area (Å²) in [6, 6.07) is 5.08. The first-order valence-corrected chi connectivity index (χ1v) is 11.7. The van der Waals surface area contributed by atoms with Crippen LogP contribution in [0.25, 0.3) is 0 Å². The van der Waals surface area contributed by atoms with Crippen LogP contribution in [0.4, 0.5) is 0 Å². The summed E-state index contributed by atoms with van der Waals surface area (Å²) in [5, 5.41) is 3.55. The number of hydrogen-bond acceptors (Lipinski definition) is 4. The topological polar surface area (TPSA) is 90.5 Å². The summed E-state index contributed by atoms with van der Waals surface area (Å²) >= 11 is 5.21. The second-order valence-electron chi connectivity index (χ2n) is 7.48. The number of amides is 1. The van der Waals surface area contributed by atoms with E-state index < -0.39 is 15.9 Å². The van der Waals surface area contributed by atoms with E-state index >= 15 is 0 Å². The van der Waals surface area contributed by atoms with Crippen LogP contribution < -0.4 is 16.2 Å². The zero-order chi connectivity index (χ0) is 20.1. The molecule has 0 unspecified atom stereocenters. The summed E-state index contributed by atoms with van der Waals surface area (Å²) < 4.78 is 27.5. The van der Waals surface area contributed by atoms with E-state index in [0.29, 0.717) is 29.8 Å². The van der Waals surface area contributed by atoms with Crippen LogP contribution in [0, 0.1) is 6.92 Å². The summed E-state index contributed by atoms with van der Waals surface area (Å²) in [6.07, 6.45) is 7.31. The van der Waals surface area contributed by atoms with E-state index in [2.05, 4.69) is 16.2 Å². The highest BCUT2D eigenvalue weighted by molar-refractivity contribution is 7.89. The van der Waals surface area contributed by atoms with E-state index in [1.807, 2.05) is 0 Å². The number of carbonyl (C=O) groups excluding carboxylic acids is 1. The van der Waals surface area contributed by atoms with E-state index in [1.165, 1.54) is 23.2 Å². The summed E-state index contributed by atoms with van der Waals surface area (Å²) in [6.45, 7) is 2.80. The molecule has 0 spiro atoms. The molecule has 1 aliphatic carbocycles. The second-order valence-corrected chi connectivity index (χ2v) is 9.79. The highest BCUT2D eigenvalue weighted by Gasteiger charge is 2.28. The predicted octanol–water partition coefficient (Wildman–Crippen LogP) is 2.22. The molecule has 28 heavy (non-hydrogen) atoms. The van der Waals surface area contributed by atoms with Gasteiger partial charge in [-0.15, -0.1) is 0 Å². The monoisotopic (exact) mass is 424 g/mol. The van der Waals surface area contributed by atoms with Crippen molar-refractivity contribution in [1.29, 1.82) is 0 Å². The fourth-order valence-corrected chi connectivity index (χ4v) is 5.73. The number of benzene rings is 1. The first-order chi connectivity index (χ1) is 13.4. The number of rotatable bonds is 4. The molecule has 1 aromatic carbocycles. The minimum absolute atomic E-state index is 0.189. The molecule has 0 radical (unpaired) electrons. The van der Waals surface area contributed by atoms with Gasteiger partial charge < -0.3 is 5.32 Å². The van der Waals surface area contributed by atoms with Crippen LogP contribution in [0.15, 0.2) is 23.1 Å². The molecule has 7 nitrogen and oxygen atoms in total. The van der Waals surface area contributed by atoms with Crippen molar-refractivity contribution in [3.05, 3.63) is 29.3 Å². The van der Waals surface area contributed by atoms with E-state index in [0.717, 1.165) is 32.1 Å². The number of piperidine rings is 1. The van der Waals surface area contributed by atoms with Crippen LogP contribution in [0.5, 0.6) is 0 Å². The van der Waals surface area contributed by atoms with Crippen molar-refractivity contribution < 1.29 is 13.2 Å². The molecule has 1 heterocycles. The minimum atomic E-state index is -3.60. The zero-order valence-corrected chi connectivity index (χ0v) is 17.8. The number of nitrogens with one attached hydrogen (secondary N) is 3. The number of thiocarbonyl (C=S) groups is 1. The predicted molar refractivity (Wildman–Crippen MR) is 112 cm³/mol. The minimum Gasteiger partial charge on any atom is -0.359 e. The number of hydrogen-bond donors (Lipinski definition) is 3. The second kappa shape index (κ2) is 9.19. The van der Waals surface area contributed by atoms with E-state index in [1.54, 1.807) is 19.1 Å². The van der Waals surface area contributed by atoms with Crippen molar-refractivity contribution in [2.75, 3.05) is 13.1 Å². The van der Waals surface area contributed by atoms with Crippen molar-refractivity contribution in [2.45, 2.75) is 62.8 Å². The van der Waals surface area contributed by atoms with Gasteiger partial charge in [-0.1, -0.05) is 25.3 Å². The number of nitrogens with zero attached hydrogens (tertiary/aromatic N) is 1. The fraction of sp³-hybridized carbons (Fsp3) is 0.579. The van der Waals surface area contributed by atoms with Gasteiger partial charge in [0.2, 0.25) is 10.0 Å². The van der Waals surface area contributed by atoms with Crippen LogP contribution in [-0.4, -0.2) is 42.9 Å². The van der Waals surface area contributed by atoms with Crippen molar-refractivity contribution in [3.63, 3.8) is 0 Å². The lowest BCUT2D eigenvalue weighted by atomic mass is 10.1. The van der Waals surface area contributed by atoms with Crippen LogP contribution in [0.3, 0.4) is 0 Å². The highest BCUT2D eigenvalue weighted by atomic mass is 32.2. The number of sulfonamides is 1. The lowest BCUT2D eigenvalue weighted by Gasteiger charge is -2.26. The number of hydrazine groups is 1. The highest BCUT2D eigenvalue weighted by Crippen LogP contribution is 2.24. The summed E-state index contributed by atoms with van der Waals surface area (Å²) in [4.78, 5) is 12.7. The van der Waals surface area contributed by atoms with Crippen LogP contribution in [0.2, 0.25) is 0 Å². The Hall–Kier alpha value is -1.71. The van der Waals surface area contributed by atoms with Crippen LogP contribution >= 0.6 is 12.2 Å². The largest absolute Gasteiger partial charge is 0.359 e. The SMILES string of the molecule is Cc1ccc(C(=O)NNC(=S)NC2CCCC2)cc1S(=O)(=O)N1CCCCC1. The summed E-state index contributed by atoms with van der Waals surface area (Å²) in [7, 11) is -3.60. The molecular weight excluding hydrogens is 396 g/mol. The first kappa shape index (κ1) is 21.0. The van der Waals surface area contributed by atoms with Crippen molar-refractivity contribution in [1.82, 2.24) is 20.5 Å². The molecule has 3 N–H and O–H groups in total. The quantitative estimate of drug-likeness (QED) is 0.507. The van der Waals surface area contributed by atoms with Crippen molar-refractivity contribution in [2.24, 2.45) is 0 Å². The molecule has 154 valence electrons. The van der Waals surface area contributed by atoms with Crippen molar-refractivity contribution >= 4 is 33.3 Å². The van der Waals surface area contributed by atoms with Gasteiger partial charge in [0.15, 0.2) is 5.11 Å². The van der Waals surface area contributed by atoms with Gasteiger partial charge in [0, 0.05) is 24.7 Å².